The molecule has 2 aromatic heterocycles. The first-order valence-electron chi connectivity index (χ1n) is 6.62. The van der Waals surface area contributed by atoms with Crippen LogP contribution in [0.15, 0.2) is 48.8 Å². The Morgan fingerprint density at radius 2 is 2.05 bits per heavy atom. The number of halogens is 1. The van der Waals surface area contributed by atoms with Crippen molar-refractivity contribution in [2.75, 3.05) is 0 Å². The molecule has 3 N–H and O–H groups in total. The predicted molar refractivity (Wildman–Crippen MR) is 79.8 cm³/mol. The maximum Gasteiger partial charge on any atom is 0.146 e. The summed E-state index contributed by atoms with van der Waals surface area (Å²) in [5, 5.41) is 0.993. The van der Waals surface area contributed by atoms with E-state index in [2.05, 4.69) is 15.4 Å². The second-order valence-corrected chi connectivity index (χ2v) is 4.90. The number of aromatic nitrogens is 2. The number of hydrazine groups is 1. The molecule has 106 valence electrons. The average Bonchev–Trinajstić information content (AvgIpc) is 2.50. The Labute approximate surface area is 121 Å². The summed E-state index contributed by atoms with van der Waals surface area (Å²) in [4.78, 5) is 8.22. The van der Waals surface area contributed by atoms with Crippen molar-refractivity contribution >= 4 is 10.9 Å². The summed E-state index contributed by atoms with van der Waals surface area (Å²) in [5.74, 6) is 5.23. The number of hydrogen-bond acceptors (Lipinski definition) is 4. The van der Waals surface area contributed by atoms with E-state index in [9.17, 15) is 4.39 Å². The van der Waals surface area contributed by atoms with Gasteiger partial charge < -0.3 is 0 Å². The predicted octanol–water partition coefficient (Wildman–Crippen LogP) is 2.63. The van der Waals surface area contributed by atoms with E-state index >= 15 is 0 Å². The second-order valence-electron chi connectivity index (χ2n) is 4.90. The summed E-state index contributed by atoms with van der Waals surface area (Å²) >= 11 is 0. The van der Waals surface area contributed by atoms with Crippen LogP contribution in [-0.4, -0.2) is 9.97 Å². The highest BCUT2D eigenvalue weighted by molar-refractivity contribution is 5.79. The van der Waals surface area contributed by atoms with Crippen molar-refractivity contribution in [1.29, 1.82) is 0 Å². The van der Waals surface area contributed by atoms with Crippen molar-refractivity contribution < 1.29 is 4.39 Å². The molecule has 1 atom stereocenters. The van der Waals surface area contributed by atoms with Gasteiger partial charge in [-0.2, -0.15) is 0 Å². The third kappa shape index (κ3) is 2.61. The van der Waals surface area contributed by atoms with Gasteiger partial charge >= 0.3 is 0 Å². The molecule has 0 radical (unpaired) electrons. The van der Waals surface area contributed by atoms with E-state index in [1.807, 2.05) is 37.3 Å². The lowest BCUT2D eigenvalue weighted by Crippen LogP contribution is -2.29. The van der Waals surface area contributed by atoms with Gasteiger partial charge in [0.25, 0.3) is 0 Å². The Morgan fingerprint density at radius 1 is 1.19 bits per heavy atom. The van der Waals surface area contributed by atoms with Gasteiger partial charge in [-0.05, 0) is 36.8 Å². The first-order valence-corrected chi connectivity index (χ1v) is 6.62. The molecule has 0 saturated heterocycles. The molecule has 0 aliphatic heterocycles. The fourth-order valence-electron chi connectivity index (χ4n) is 2.41. The molecule has 21 heavy (non-hydrogen) atoms. The summed E-state index contributed by atoms with van der Waals surface area (Å²) in [6.45, 7) is 1.95. The highest BCUT2D eigenvalue weighted by Crippen LogP contribution is 2.25. The summed E-state index contributed by atoms with van der Waals surface area (Å²) in [7, 11) is 0. The van der Waals surface area contributed by atoms with E-state index in [0.717, 1.165) is 22.2 Å². The summed E-state index contributed by atoms with van der Waals surface area (Å²) in [6, 6.07) is 10.9. The van der Waals surface area contributed by atoms with Crippen LogP contribution in [0.4, 0.5) is 4.39 Å². The third-order valence-corrected chi connectivity index (χ3v) is 3.47. The zero-order chi connectivity index (χ0) is 14.8. The van der Waals surface area contributed by atoms with Gasteiger partial charge in [-0.3, -0.25) is 15.8 Å². The van der Waals surface area contributed by atoms with Crippen molar-refractivity contribution in [3.05, 3.63) is 71.4 Å². The number of aryl methyl sites for hydroxylation is 1. The maximum absolute atomic E-state index is 13.9. The minimum atomic E-state index is -0.432. The molecule has 0 bridgehead atoms. The number of pyridine rings is 2. The standard InChI is InChI=1S/C16H15FN4/c1-10-2-3-11-8-12(4-5-15(11)20-10)16(21-18)13-6-7-19-9-14(13)17/h2-9,16,21H,18H2,1H3. The van der Waals surface area contributed by atoms with Gasteiger partial charge in [-0.15, -0.1) is 0 Å². The number of nitrogens with two attached hydrogens (primary N) is 1. The van der Waals surface area contributed by atoms with Gasteiger partial charge in [-0.25, -0.2) is 9.82 Å². The molecule has 4 nitrogen and oxygen atoms in total. The molecular formula is C16H15FN4. The molecule has 2 heterocycles. The van der Waals surface area contributed by atoms with Crippen molar-refractivity contribution in [2.24, 2.45) is 5.84 Å². The number of nitrogens with one attached hydrogen (secondary N) is 1. The number of nitrogens with zero attached hydrogens (tertiary/aromatic N) is 2. The SMILES string of the molecule is Cc1ccc2cc(C(NN)c3ccncc3F)ccc2n1. The molecule has 3 rings (SSSR count). The van der Waals surface area contributed by atoms with Crippen LogP contribution in [0, 0.1) is 12.7 Å². The van der Waals surface area contributed by atoms with E-state index in [1.165, 1.54) is 6.20 Å². The van der Waals surface area contributed by atoms with Crippen LogP contribution in [0.1, 0.15) is 22.9 Å². The molecule has 0 fully saturated rings. The Bertz CT molecular complexity index is 788. The number of hydrogen-bond donors (Lipinski definition) is 2. The molecule has 0 aliphatic rings. The monoisotopic (exact) mass is 282 g/mol. The summed E-state index contributed by atoms with van der Waals surface area (Å²) in [6.07, 6.45) is 2.74. The van der Waals surface area contributed by atoms with Crippen molar-refractivity contribution in [3.8, 4) is 0 Å². The largest absolute Gasteiger partial charge is 0.271 e. The molecule has 0 amide bonds. The van der Waals surface area contributed by atoms with Crippen LogP contribution in [0.5, 0.6) is 0 Å². The quantitative estimate of drug-likeness (QED) is 0.572. The van der Waals surface area contributed by atoms with Crippen LogP contribution in [0.2, 0.25) is 0 Å². The van der Waals surface area contributed by atoms with Crippen molar-refractivity contribution in [1.82, 2.24) is 15.4 Å². The average molecular weight is 282 g/mol. The zero-order valence-electron chi connectivity index (χ0n) is 11.5. The lowest BCUT2D eigenvalue weighted by molar-refractivity contribution is 0.556. The highest BCUT2D eigenvalue weighted by atomic mass is 19.1. The van der Waals surface area contributed by atoms with Crippen LogP contribution >= 0.6 is 0 Å². The first kappa shape index (κ1) is 13.6. The Kier molecular flexibility index (Phi) is 3.60. The third-order valence-electron chi connectivity index (χ3n) is 3.47. The van der Waals surface area contributed by atoms with Gasteiger partial charge in [-0.1, -0.05) is 12.1 Å². The Morgan fingerprint density at radius 3 is 2.81 bits per heavy atom. The first-order chi connectivity index (χ1) is 10.2. The summed E-state index contributed by atoms with van der Waals surface area (Å²) < 4.78 is 13.9. The fourth-order valence-corrected chi connectivity index (χ4v) is 2.41. The minimum Gasteiger partial charge on any atom is -0.271 e. The van der Waals surface area contributed by atoms with Gasteiger partial charge in [0.15, 0.2) is 0 Å². The Hall–Kier alpha value is -2.37. The van der Waals surface area contributed by atoms with Crippen molar-refractivity contribution in [2.45, 2.75) is 13.0 Å². The fraction of sp³-hybridized carbons (Fsp3) is 0.125. The van der Waals surface area contributed by atoms with E-state index in [4.69, 9.17) is 5.84 Å². The van der Waals surface area contributed by atoms with Gasteiger partial charge in [0.1, 0.15) is 5.82 Å². The molecule has 1 unspecified atom stereocenters. The molecule has 0 aliphatic carbocycles. The van der Waals surface area contributed by atoms with Crippen LogP contribution in [-0.2, 0) is 0 Å². The highest BCUT2D eigenvalue weighted by Gasteiger charge is 2.16. The molecule has 5 heteroatoms. The van der Waals surface area contributed by atoms with Gasteiger partial charge in [0.05, 0.1) is 17.8 Å². The van der Waals surface area contributed by atoms with E-state index < -0.39 is 6.04 Å². The second kappa shape index (κ2) is 5.55. The lowest BCUT2D eigenvalue weighted by atomic mass is 9.98. The number of rotatable bonds is 3. The number of benzene rings is 1. The minimum absolute atomic E-state index is 0.387. The zero-order valence-corrected chi connectivity index (χ0v) is 11.5. The van der Waals surface area contributed by atoms with Crippen LogP contribution in [0.3, 0.4) is 0 Å². The molecule has 3 aromatic rings. The molecule has 0 saturated carbocycles. The van der Waals surface area contributed by atoms with Gasteiger partial charge in [0, 0.05) is 22.8 Å². The molecular weight excluding hydrogens is 267 g/mol. The summed E-state index contributed by atoms with van der Waals surface area (Å²) in [5.41, 5.74) is 5.87. The molecule has 0 spiro atoms. The lowest BCUT2D eigenvalue weighted by Gasteiger charge is -2.17. The Balaban J connectivity index is 2.09. The smallest absolute Gasteiger partial charge is 0.146 e. The van der Waals surface area contributed by atoms with E-state index in [-0.39, 0.29) is 5.82 Å². The van der Waals surface area contributed by atoms with Crippen molar-refractivity contribution in [3.63, 3.8) is 0 Å². The van der Waals surface area contributed by atoms with E-state index in [1.54, 1.807) is 12.3 Å². The maximum atomic E-state index is 13.9. The topological polar surface area (TPSA) is 63.8 Å². The number of fused-ring (bicyclic) bond motifs is 1. The molecule has 1 aromatic carbocycles. The van der Waals surface area contributed by atoms with E-state index in [0.29, 0.717) is 5.56 Å². The van der Waals surface area contributed by atoms with Crippen LogP contribution < -0.4 is 11.3 Å². The van der Waals surface area contributed by atoms with Crippen LogP contribution in [0.25, 0.3) is 10.9 Å². The van der Waals surface area contributed by atoms with Gasteiger partial charge in [0.2, 0.25) is 0 Å². The normalized spacial score (nSPS) is 12.5.